The van der Waals surface area contributed by atoms with Crippen LogP contribution in [0.15, 0.2) is 30.3 Å². The average molecular weight is 285 g/mol. The van der Waals surface area contributed by atoms with E-state index in [-0.39, 0.29) is 0 Å². The quantitative estimate of drug-likeness (QED) is 0.847. The predicted octanol–water partition coefficient (Wildman–Crippen LogP) is 3.15. The third-order valence-corrected chi connectivity index (χ3v) is 4.00. The van der Waals surface area contributed by atoms with Gasteiger partial charge in [-0.05, 0) is 45.4 Å². The summed E-state index contributed by atoms with van der Waals surface area (Å²) in [5.74, 6) is 0. The first-order valence-electron chi connectivity index (χ1n) is 7.94. The molecule has 1 heterocycles. The summed E-state index contributed by atoms with van der Waals surface area (Å²) in [5.41, 5.74) is 5.25. The maximum atomic E-state index is 4.64. The number of hydrogen-bond acceptors (Lipinski definition) is 2. The summed E-state index contributed by atoms with van der Waals surface area (Å²) in [7, 11) is 2.05. The zero-order valence-corrected chi connectivity index (χ0v) is 13.7. The van der Waals surface area contributed by atoms with Gasteiger partial charge >= 0.3 is 0 Å². The van der Waals surface area contributed by atoms with E-state index < -0.39 is 0 Å². The lowest BCUT2D eigenvalue weighted by atomic mass is 10.0. The molecule has 0 saturated heterocycles. The summed E-state index contributed by atoms with van der Waals surface area (Å²) in [6.07, 6.45) is 3.07. The molecule has 0 aliphatic rings. The highest BCUT2D eigenvalue weighted by Crippen LogP contribution is 2.13. The Morgan fingerprint density at radius 1 is 1.19 bits per heavy atom. The van der Waals surface area contributed by atoms with E-state index in [1.807, 2.05) is 7.05 Å². The molecule has 3 nitrogen and oxygen atoms in total. The molecule has 3 heteroatoms. The van der Waals surface area contributed by atoms with Gasteiger partial charge in [0.15, 0.2) is 0 Å². The van der Waals surface area contributed by atoms with Crippen molar-refractivity contribution >= 4 is 0 Å². The highest BCUT2D eigenvalue weighted by Gasteiger charge is 2.13. The highest BCUT2D eigenvalue weighted by molar-refractivity contribution is 5.23. The van der Waals surface area contributed by atoms with Crippen molar-refractivity contribution in [3.63, 3.8) is 0 Å². The van der Waals surface area contributed by atoms with Crippen molar-refractivity contribution in [1.29, 1.82) is 0 Å². The van der Waals surface area contributed by atoms with Crippen LogP contribution in [0.1, 0.15) is 36.4 Å². The molecule has 0 amide bonds. The SMILES string of the molecule is CCc1cc(CC(Cc2cccc(C)c2)NC)n(CC)n1. The number of hydrogen-bond donors (Lipinski definition) is 1. The van der Waals surface area contributed by atoms with E-state index in [1.54, 1.807) is 0 Å². The van der Waals surface area contributed by atoms with Crippen LogP contribution in [0, 0.1) is 6.92 Å². The molecule has 0 aliphatic heterocycles. The molecular formula is C18H27N3. The third kappa shape index (κ3) is 4.18. The summed E-state index contributed by atoms with van der Waals surface area (Å²) in [6, 6.07) is 11.5. The largest absolute Gasteiger partial charge is 0.316 e. The smallest absolute Gasteiger partial charge is 0.0624 e. The second-order valence-corrected chi connectivity index (χ2v) is 5.68. The lowest BCUT2D eigenvalue weighted by Crippen LogP contribution is -2.30. The lowest BCUT2D eigenvalue weighted by molar-refractivity contribution is 0.519. The number of nitrogens with zero attached hydrogens (tertiary/aromatic N) is 2. The number of nitrogens with one attached hydrogen (secondary N) is 1. The molecule has 1 aromatic heterocycles. The Balaban J connectivity index is 2.10. The van der Waals surface area contributed by atoms with Crippen LogP contribution in [0.3, 0.4) is 0 Å². The van der Waals surface area contributed by atoms with E-state index in [2.05, 4.69) is 66.2 Å². The first-order chi connectivity index (χ1) is 10.2. The Hall–Kier alpha value is -1.61. The number of aromatic nitrogens is 2. The average Bonchev–Trinajstić information content (AvgIpc) is 2.88. The van der Waals surface area contributed by atoms with Crippen molar-refractivity contribution in [3.8, 4) is 0 Å². The van der Waals surface area contributed by atoms with Gasteiger partial charge in [0.2, 0.25) is 0 Å². The Morgan fingerprint density at radius 2 is 2.00 bits per heavy atom. The molecule has 21 heavy (non-hydrogen) atoms. The third-order valence-electron chi connectivity index (χ3n) is 4.00. The molecule has 0 saturated carbocycles. The molecule has 0 fully saturated rings. The van der Waals surface area contributed by atoms with Gasteiger partial charge in [-0.3, -0.25) is 4.68 Å². The van der Waals surface area contributed by atoms with E-state index in [0.717, 1.165) is 25.8 Å². The summed E-state index contributed by atoms with van der Waals surface area (Å²) in [6.45, 7) is 7.41. The van der Waals surface area contributed by atoms with Gasteiger partial charge in [0.05, 0.1) is 5.69 Å². The van der Waals surface area contributed by atoms with Crippen molar-refractivity contribution in [2.24, 2.45) is 0 Å². The number of rotatable bonds is 7. The van der Waals surface area contributed by atoms with Crippen LogP contribution in [0.2, 0.25) is 0 Å². The fraction of sp³-hybridized carbons (Fsp3) is 0.500. The molecule has 1 N–H and O–H groups in total. The molecule has 2 rings (SSSR count). The molecule has 0 radical (unpaired) electrons. The van der Waals surface area contributed by atoms with Gasteiger partial charge in [-0.15, -0.1) is 0 Å². The minimum Gasteiger partial charge on any atom is -0.316 e. The fourth-order valence-electron chi connectivity index (χ4n) is 2.78. The van der Waals surface area contributed by atoms with E-state index in [9.17, 15) is 0 Å². The van der Waals surface area contributed by atoms with Gasteiger partial charge in [-0.2, -0.15) is 5.10 Å². The van der Waals surface area contributed by atoms with Crippen LogP contribution in [-0.2, 0) is 25.8 Å². The van der Waals surface area contributed by atoms with Gasteiger partial charge in [0, 0.05) is 24.7 Å². The van der Waals surface area contributed by atoms with Gasteiger partial charge in [-0.25, -0.2) is 0 Å². The molecule has 2 aromatic rings. The molecule has 0 aliphatic carbocycles. The molecule has 1 atom stereocenters. The minimum absolute atomic E-state index is 0.443. The second kappa shape index (κ2) is 7.41. The van der Waals surface area contributed by atoms with E-state index in [1.165, 1.54) is 22.5 Å². The van der Waals surface area contributed by atoms with Crippen LogP contribution >= 0.6 is 0 Å². The standard InChI is InChI=1S/C18H27N3/c1-5-16-12-18(21(6-2)20-16)13-17(19-4)11-15-9-7-8-14(3)10-15/h7-10,12,17,19H,5-6,11,13H2,1-4H3. The minimum atomic E-state index is 0.443. The first-order valence-corrected chi connectivity index (χ1v) is 7.94. The Labute approximate surface area is 128 Å². The molecule has 0 bridgehead atoms. The second-order valence-electron chi connectivity index (χ2n) is 5.68. The summed E-state index contributed by atoms with van der Waals surface area (Å²) in [5, 5.41) is 8.10. The van der Waals surface area contributed by atoms with Gasteiger partial charge in [0.1, 0.15) is 0 Å². The van der Waals surface area contributed by atoms with E-state index in [0.29, 0.717) is 6.04 Å². The maximum absolute atomic E-state index is 4.64. The molecule has 1 aromatic carbocycles. The number of benzene rings is 1. The topological polar surface area (TPSA) is 29.9 Å². The maximum Gasteiger partial charge on any atom is 0.0624 e. The summed E-state index contributed by atoms with van der Waals surface area (Å²) >= 11 is 0. The van der Waals surface area contributed by atoms with Crippen LogP contribution in [0.5, 0.6) is 0 Å². The molecule has 0 spiro atoms. The van der Waals surface area contributed by atoms with Crippen LogP contribution < -0.4 is 5.32 Å². The monoisotopic (exact) mass is 285 g/mol. The van der Waals surface area contributed by atoms with Gasteiger partial charge < -0.3 is 5.32 Å². The van der Waals surface area contributed by atoms with E-state index in [4.69, 9.17) is 0 Å². The zero-order chi connectivity index (χ0) is 15.2. The van der Waals surface area contributed by atoms with Gasteiger partial charge in [0.25, 0.3) is 0 Å². The Bertz CT molecular complexity index is 572. The Kier molecular flexibility index (Phi) is 5.57. The summed E-state index contributed by atoms with van der Waals surface area (Å²) in [4.78, 5) is 0. The number of aryl methyl sites for hydroxylation is 3. The zero-order valence-electron chi connectivity index (χ0n) is 13.7. The van der Waals surface area contributed by atoms with Crippen LogP contribution in [-0.4, -0.2) is 22.9 Å². The normalized spacial score (nSPS) is 12.6. The van der Waals surface area contributed by atoms with E-state index >= 15 is 0 Å². The fourth-order valence-corrected chi connectivity index (χ4v) is 2.78. The van der Waals surface area contributed by atoms with Crippen molar-refractivity contribution in [3.05, 3.63) is 52.8 Å². The van der Waals surface area contributed by atoms with Crippen LogP contribution in [0.4, 0.5) is 0 Å². The summed E-state index contributed by atoms with van der Waals surface area (Å²) < 4.78 is 2.14. The Morgan fingerprint density at radius 3 is 2.62 bits per heavy atom. The lowest BCUT2D eigenvalue weighted by Gasteiger charge is -2.17. The molecular weight excluding hydrogens is 258 g/mol. The highest BCUT2D eigenvalue weighted by atomic mass is 15.3. The van der Waals surface area contributed by atoms with Crippen molar-refractivity contribution < 1.29 is 0 Å². The van der Waals surface area contributed by atoms with Crippen LogP contribution in [0.25, 0.3) is 0 Å². The van der Waals surface area contributed by atoms with Crippen molar-refractivity contribution in [1.82, 2.24) is 15.1 Å². The predicted molar refractivity (Wildman–Crippen MR) is 88.7 cm³/mol. The van der Waals surface area contributed by atoms with Crippen molar-refractivity contribution in [2.75, 3.05) is 7.05 Å². The van der Waals surface area contributed by atoms with Crippen molar-refractivity contribution in [2.45, 2.75) is 52.6 Å². The first kappa shape index (κ1) is 15.8. The van der Waals surface area contributed by atoms with Gasteiger partial charge in [-0.1, -0.05) is 36.8 Å². The molecule has 114 valence electrons. The number of likely N-dealkylation sites (N-methyl/N-ethyl adjacent to an activating group) is 1. The molecule has 1 unspecified atom stereocenters.